The van der Waals surface area contributed by atoms with Crippen molar-refractivity contribution >= 4 is 134 Å². The monoisotopic (exact) mass is 910 g/mol. The van der Waals surface area contributed by atoms with Crippen LogP contribution in [0.1, 0.15) is 19.5 Å². The summed E-state index contributed by atoms with van der Waals surface area (Å²) < 4.78 is 4.31. The smallest absolute Gasteiger partial charge is 0.227 e. The highest BCUT2D eigenvalue weighted by Crippen LogP contribution is 2.59. The molecule has 0 unspecified atom stereocenters. The van der Waals surface area contributed by atoms with Crippen LogP contribution in [0.3, 0.4) is 0 Å². The summed E-state index contributed by atoms with van der Waals surface area (Å²) in [5, 5.41) is 37.7. The van der Waals surface area contributed by atoms with Crippen LogP contribution in [-0.2, 0) is 0 Å². The van der Waals surface area contributed by atoms with E-state index in [1.54, 1.807) is 69.7 Å². The number of hydrogen-bond donors (Lipinski definition) is 0. The lowest BCUT2D eigenvalue weighted by atomic mass is 10.0. The topological polar surface area (TPSA) is 113 Å². The summed E-state index contributed by atoms with van der Waals surface area (Å²) in [5.41, 5.74) is 2.15. The second-order valence-electron chi connectivity index (χ2n) is 12.0. The van der Waals surface area contributed by atoms with Crippen LogP contribution < -0.4 is 0 Å². The second-order valence-corrected chi connectivity index (χ2v) is 20.7. The first kappa shape index (κ1) is 39.8. The molecule has 16 heteroatoms. The van der Waals surface area contributed by atoms with E-state index in [9.17, 15) is 21.0 Å². The molecule has 8 aromatic rings. The fraction of sp³-hybridized carbons (Fsp3) is 0. The lowest BCUT2D eigenvalue weighted by molar-refractivity contribution is 1.51. The van der Waals surface area contributed by atoms with Gasteiger partial charge in [0.2, 0.25) is 0 Å². The van der Waals surface area contributed by atoms with Gasteiger partial charge in [-0.3, -0.25) is 0 Å². The fourth-order valence-electron chi connectivity index (χ4n) is 5.95. The van der Waals surface area contributed by atoms with Crippen molar-refractivity contribution in [2.45, 2.75) is 0 Å². The van der Waals surface area contributed by atoms with Gasteiger partial charge in [0.25, 0.3) is 22.8 Å². The molecule has 0 aliphatic carbocycles. The van der Waals surface area contributed by atoms with E-state index in [2.05, 4.69) is 31.5 Å². The highest BCUT2D eigenvalue weighted by atomic mass is 32.1. The minimum atomic E-state index is 0.00213. The third-order valence-electron chi connectivity index (χ3n) is 8.47. The predicted molar refractivity (Wildman–Crippen MR) is 252 cm³/mol. The van der Waals surface area contributed by atoms with Crippen molar-refractivity contribution in [3.05, 3.63) is 149 Å². The van der Waals surface area contributed by atoms with E-state index in [-0.39, 0.29) is 22.8 Å². The van der Waals surface area contributed by atoms with E-state index in [1.807, 2.05) is 72.8 Å². The van der Waals surface area contributed by atoms with E-state index in [0.29, 0.717) is 0 Å². The predicted octanol–water partition coefficient (Wildman–Crippen LogP) is 16.0. The molecule has 8 rings (SSSR count). The Morgan fingerprint density at radius 2 is 0.700 bits per heavy atom. The molecule has 0 saturated heterocycles. The zero-order chi connectivity index (χ0) is 41.9. The summed E-state index contributed by atoms with van der Waals surface area (Å²) in [7, 11) is 0. The Labute approximate surface area is 374 Å². The highest BCUT2D eigenvalue weighted by molar-refractivity contribution is 7.36. The Balaban J connectivity index is 1.38. The van der Waals surface area contributed by atoms with Crippen LogP contribution in [-0.4, -0.2) is 0 Å². The molecule has 0 atom stereocenters. The molecule has 0 aromatic carbocycles. The average Bonchev–Trinajstić information content (AvgIpc) is 4.11. The molecule has 0 radical (unpaired) electrons. The van der Waals surface area contributed by atoms with Crippen molar-refractivity contribution in [1.82, 2.24) is 0 Å². The summed E-state index contributed by atoms with van der Waals surface area (Å²) in [6.07, 6.45) is 6.40. The first-order valence-corrected chi connectivity index (χ1v) is 23.3. The number of hydrogen-bond acceptors (Lipinski definition) is 12. The maximum Gasteiger partial charge on any atom is 0.263 e. The maximum absolute atomic E-state index is 9.49. The number of fused-ring (bicyclic) bond motifs is 2. The van der Waals surface area contributed by atoms with E-state index >= 15 is 0 Å². The quantitative estimate of drug-likeness (QED) is 0.106. The number of rotatable bonds is 9. The summed E-state index contributed by atoms with van der Waals surface area (Å²) >= 11 is 12.7. The molecular formula is C44H14N8S8. The summed E-state index contributed by atoms with van der Waals surface area (Å²) in [4.78, 5) is 24.7. The molecule has 0 fully saturated rings. The first-order valence-electron chi connectivity index (χ1n) is 16.8. The molecule has 60 heavy (non-hydrogen) atoms. The number of thiophene rings is 8. The van der Waals surface area contributed by atoms with Crippen LogP contribution >= 0.6 is 90.7 Å². The Bertz CT molecular complexity index is 3250. The third-order valence-corrected chi connectivity index (χ3v) is 18.2. The number of nitrogens with zero attached hydrogens (tertiary/aromatic N) is 8. The van der Waals surface area contributed by atoms with Gasteiger partial charge in [0, 0.05) is 69.3 Å². The van der Waals surface area contributed by atoms with Gasteiger partial charge in [0.15, 0.2) is 0 Å². The zero-order valence-electron chi connectivity index (χ0n) is 29.9. The standard InChI is InChI=1S/C44H14N8S8/c1-49-23(19-45)13-27-5-9-31(53-27)35-17-37-43(57-35)39(41(59-37)33-11-7-29(55-33)15-25(21-47)51-3)40-42(34-12-8-30(56-34)16-26(22-48)52-4)60-38-18-36(58-44(38)40)32-10-6-28(54-32)14-24(20-46)50-2/h5-18H/b23-13-,24-14+,25-15+,26-16-. The van der Waals surface area contributed by atoms with Gasteiger partial charge in [0.05, 0.1) is 69.7 Å². The van der Waals surface area contributed by atoms with E-state index in [0.717, 1.165) is 88.5 Å². The van der Waals surface area contributed by atoms with Crippen molar-refractivity contribution in [2.24, 2.45) is 0 Å². The molecule has 8 heterocycles. The fourth-order valence-corrected chi connectivity index (χ4v) is 15.4. The molecule has 278 valence electrons. The van der Waals surface area contributed by atoms with Crippen molar-refractivity contribution in [1.29, 1.82) is 21.0 Å². The van der Waals surface area contributed by atoms with Crippen LogP contribution in [0.5, 0.6) is 0 Å². The van der Waals surface area contributed by atoms with Crippen LogP contribution in [0, 0.1) is 71.6 Å². The zero-order valence-corrected chi connectivity index (χ0v) is 36.5. The Morgan fingerprint density at radius 1 is 0.400 bits per heavy atom. The minimum Gasteiger partial charge on any atom is -0.227 e. The molecule has 0 bridgehead atoms. The van der Waals surface area contributed by atoms with Crippen LogP contribution in [0.4, 0.5) is 0 Å². The summed E-state index contributed by atoms with van der Waals surface area (Å²) in [6, 6.07) is 27.9. The molecule has 0 aliphatic rings. The molecule has 8 aromatic heterocycles. The second kappa shape index (κ2) is 17.1. The van der Waals surface area contributed by atoms with Gasteiger partial charge in [-0.2, -0.15) is 0 Å². The minimum absolute atomic E-state index is 0.00213. The third kappa shape index (κ3) is 7.66. The summed E-state index contributed by atoms with van der Waals surface area (Å²) in [5.74, 6) is 0. The van der Waals surface area contributed by atoms with Crippen molar-refractivity contribution in [2.75, 3.05) is 0 Å². The lowest BCUT2D eigenvalue weighted by Crippen LogP contribution is -1.78. The summed E-state index contributed by atoms with van der Waals surface area (Å²) in [6.45, 7) is 29.5. The van der Waals surface area contributed by atoms with E-state index in [1.165, 1.54) is 45.3 Å². The van der Waals surface area contributed by atoms with Gasteiger partial charge in [-0.15, -0.1) is 90.7 Å². The molecule has 8 nitrogen and oxygen atoms in total. The van der Waals surface area contributed by atoms with Crippen molar-refractivity contribution in [3.63, 3.8) is 0 Å². The lowest BCUT2D eigenvalue weighted by Gasteiger charge is -2.06. The van der Waals surface area contributed by atoms with Gasteiger partial charge in [0.1, 0.15) is 0 Å². The van der Waals surface area contributed by atoms with E-state index < -0.39 is 0 Å². The van der Waals surface area contributed by atoms with Crippen LogP contribution in [0.25, 0.3) is 113 Å². The molecule has 0 saturated carbocycles. The molecule has 0 amide bonds. The number of nitriles is 4. The van der Waals surface area contributed by atoms with Gasteiger partial charge >= 0.3 is 0 Å². The SMILES string of the molecule is [C-]#[N+]/C(C#N)=C\c1ccc(-c2cc3sc(-c4ccc(/C=C(\C#N)[N+]#[C-])s4)c(-c4c(-c5ccc(/C=C(/C#N)[N+]#[C-])s5)sc5cc(-c6ccc(/C=C(\C#N)[N+]#[C-])s6)sc45)c3s2)s1. The van der Waals surface area contributed by atoms with Crippen LogP contribution in [0.15, 0.2) is 83.5 Å². The van der Waals surface area contributed by atoms with Gasteiger partial charge < -0.3 is 0 Å². The Hall–Kier alpha value is -7.00. The van der Waals surface area contributed by atoms with Gasteiger partial charge in [-0.1, -0.05) is 0 Å². The normalized spacial score (nSPS) is 11.9. The number of allylic oxidation sites excluding steroid dienone is 4. The molecule has 0 spiro atoms. The van der Waals surface area contributed by atoms with Gasteiger partial charge in [-0.05, 0) is 85.0 Å². The van der Waals surface area contributed by atoms with Crippen molar-refractivity contribution in [3.8, 4) is 74.4 Å². The molecule has 0 aliphatic heterocycles. The average molecular weight is 911 g/mol. The molecule has 0 N–H and O–H groups in total. The largest absolute Gasteiger partial charge is 0.263 e. The molecular weight excluding hydrogens is 897 g/mol. The highest BCUT2D eigenvalue weighted by Gasteiger charge is 2.28. The van der Waals surface area contributed by atoms with Crippen LogP contribution in [0.2, 0.25) is 0 Å². The Kier molecular flexibility index (Phi) is 11.3. The Morgan fingerprint density at radius 3 is 1.00 bits per heavy atom. The maximum atomic E-state index is 9.49. The van der Waals surface area contributed by atoms with E-state index in [4.69, 9.17) is 26.3 Å². The van der Waals surface area contributed by atoms with Gasteiger partial charge in [-0.25, -0.2) is 40.4 Å². The van der Waals surface area contributed by atoms with Crippen molar-refractivity contribution < 1.29 is 0 Å². The first-order chi connectivity index (χ1) is 29.3.